The van der Waals surface area contributed by atoms with Gasteiger partial charge in [-0.2, -0.15) is 0 Å². The van der Waals surface area contributed by atoms with Crippen LogP contribution in [0.3, 0.4) is 0 Å². The van der Waals surface area contributed by atoms with Gasteiger partial charge in [0, 0.05) is 16.8 Å². The molecule has 0 amide bonds. The van der Waals surface area contributed by atoms with E-state index in [1.165, 1.54) is 21.7 Å². The number of aryl methyl sites for hydroxylation is 2. The van der Waals surface area contributed by atoms with E-state index in [-0.39, 0.29) is 0 Å². The van der Waals surface area contributed by atoms with Crippen molar-refractivity contribution in [3.05, 3.63) is 45.9 Å². The normalized spacial score (nSPS) is 10.5. The molecule has 2 aromatic rings. The predicted octanol–water partition coefficient (Wildman–Crippen LogP) is 3.88. The van der Waals surface area contributed by atoms with E-state index in [1.807, 2.05) is 11.7 Å². The predicted molar refractivity (Wildman–Crippen MR) is 74.6 cm³/mol. The number of nitrogens with zero attached hydrogens (tertiary/aromatic N) is 1. The molecule has 0 saturated heterocycles. The van der Waals surface area contributed by atoms with E-state index < -0.39 is 0 Å². The number of thiazole rings is 1. The molecule has 0 aliphatic heterocycles. The third-order valence-corrected chi connectivity index (χ3v) is 3.70. The van der Waals surface area contributed by atoms with Gasteiger partial charge in [-0.3, -0.25) is 4.98 Å². The summed E-state index contributed by atoms with van der Waals surface area (Å²) in [5.41, 5.74) is 5.98. The maximum absolute atomic E-state index is 4.10. The van der Waals surface area contributed by atoms with E-state index in [2.05, 4.69) is 42.3 Å². The zero-order valence-electron chi connectivity index (χ0n) is 10.4. The van der Waals surface area contributed by atoms with Gasteiger partial charge >= 0.3 is 0 Å². The van der Waals surface area contributed by atoms with Crippen molar-refractivity contribution in [3.63, 3.8) is 0 Å². The first-order chi connectivity index (χ1) is 8.35. The van der Waals surface area contributed by atoms with Crippen molar-refractivity contribution < 1.29 is 0 Å². The smallest absolute Gasteiger partial charge is 0.0794 e. The summed E-state index contributed by atoms with van der Waals surface area (Å²) in [6.45, 7) is 5.27. The van der Waals surface area contributed by atoms with E-state index in [0.29, 0.717) is 0 Å². The number of aromatic nitrogens is 1. The fourth-order valence-corrected chi connectivity index (χ4v) is 2.51. The summed E-state index contributed by atoms with van der Waals surface area (Å²) in [5, 5.41) is 3.56. The Labute approximate surface area is 107 Å². The van der Waals surface area contributed by atoms with Crippen molar-refractivity contribution >= 4 is 17.0 Å². The Kier molecular flexibility index (Phi) is 4.15. The molecule has 0 unspecified atom stereocenters. The number of nitrogens with one attached hydrogen (secondary N) is 1. The van der Waals surface area contributed by atoms with Crippen LogP contribution >= 0.6 is 11.3 Å². The number of para-hydroxylation sites is 1. The molecular weight excluding hydrogens is 228 g/mol. The lowest BCUT2D eigenvalue weighted by molar-refractivity contribution is 1.05. The van der Waals surface area contributed by atoms with Crippen LogP contribution in [0.25, 0.3) is 0 Å². The molecule has 0 fully saturated rings. The quantitative estimate of drug-likeness (QED) is 0.866. The van der Waals surface area contributed by atoms with Crippen molar-refractivity contribution in [2.45, 2.75) is 33.2 Å². The average molecular weight is 246 g/mol. The van der Waals surface area contributed by atoms with Gasteiger partial charge < -0.3 is 5.32 Å². The summed E-state index contributed by atoms with van der Waals surface area (Å²) in [7, 11) is 0. The maximum atomic E-state index is 4.10. The summed E-state index contributed by atoms with van der Waals surface area (Å²) in [4.78, 5) is 5.37. The topological polar surface area (TPSA) is 24.9 Å². The van der Waals surface area contributed by atoms with Crippen LogP contribution in [0.15, 0.2) is 29.9 Å². The molecule has 0 saturated carbocycles. The summed E-state index contributed by atoms with van der Waals surface area (Å²) in [6, 6.07) is 6.55. The standard InChI is InChI=1S/C14H18N2S/c1-3-11-6-5-7-12(4-2)14(11)16-9-13-8-15-10-17-13/h5-8,10,16H,3-4,9H2,1-2H3. The molecule has 2 nitrogen and oxygen atoms in total. The lowest BCUT2D eigenvalue weighted by Crippen LogP contribution is -2.04. The minimum Gasteiger partial charge on any atom is -0.380 e. The molecule has 17 heavy (non-hydrogen) atoms. The fourth-order valence-electron chi connectivity index (χ4n) is 1.97. The molecule has 90 valence electrons. The van der Waals surface area contributed by atoms with Gasteiger partial charge in [0.15, 0.2) is 0 Å². The van der Waals surface area contributed by atoms with Crippen LogP contribution in [0.4, 0.5) is 5.69 Å². The highest BCUT2D eigenvalue weighted by molar-refractivity contribution is 7.09. The third kappa shape index (κ3) is 2.86. The minimum absolute atomic E-state index is 0.870. The Morgan fingerprint density at radius 3 is 2.41 bits per heavy atom. The van der Waals surface area contributed by atoms with Crippen LogP contribution in [-0.4, -0.2) is 4.98 Å². The Balaban J connectivity index is 2.18. The lowest BCUT2D eigenvalue weighted by atomic mass is 10.0. The van der Waals surface area contributed by atoms with Gasteiger partial charge in [-0.05, 0) is 24.0 Å². The first kappa shape index (κ1) is 12.1. The average Bonchev–Trinajstić information content (AvgIpc) is 2.88. The van der Waals surface area contributed by atoms with Crippen LogP contribution in [-0.2, 0) is 19.4 Å². The third-order valence-electron chi connectivity index (χ3n) is 2.92. The van der Waals surface area contributed by atoms with Crippen LogP contribution < -0.4 is 5.32 Å². The van der Waals surface area contributed by atoms with Gasteiger partial charge in [0.25, 0.3) is 0 Å². The summed E-state index contributed by atoms with van der Waals surface area (Å²) in [6.07, 6.45) is 4.07. The zero-order chi connectivity index (χ0) is 12.1. The van der Waals surface area contributed by atoms with E-state index in [0.717, 1.165) is 19.4 Å². The second-order valence-electron chi connectivity index (χ2n) is 3.98. The summed E-state index contributed by atoms with van der Waals surface area (Å²) < 4.78 is 0. The fraction of sp³-hybridized carbons (Fsp3) is 0.357. The van der Waals surface area contributed by atoms with Crippen molar-refractivity contribution in [2.24, 2.45) is 0 Å². The molecule has 1 aromatic heterocycles. The molecule has 0 atom stereocenters. The Morgan fingerprint density at radius 1 is 1.18 bits per heavy atom. The van der Waals surface area contributed by atoms with E-state index in [4.69, 9.17) is 0 Å². The van der Waals surface area contributed by atoms with Crippen LogP contribution in [0.1, 0.15) is 29.9 Å². The largest absolute Gasteiger partial charge is 0.380 e. The first-order valence-corrected chi connectivity index (χ1v) is 6.95. The Bertz CT molecular complexity index is 441. The van der Waals surface area contributed by atoms with Crippen LogP contribution in [0, 0.1) is 0 Å². The van der Waals surface area contributed by atoms with Gasteiger partial charge in [0.05, 0.1) is 12.1 Å². The molecule has 2 rings (SSSR count). The number of rotatable bonds is 5. The molecule has 3 heteroatoms. The molecule has 0 aliphatic rings. The molecule has 0 radical (unpaired) electrons. The second-order valence-corrected chi connectivity index (χ2v) is 4.95. The number of benzene rings is 1. The van der Waals surface area contributed by atoms with Crippen LogP contribution in [0.5, 0.6) is 0 Å². The van der Waals surface area contributed by atoms with Gasteiger partial charge in [0.1, 0.15) is 0 Å². The first-order valence-electron chi connectivity index (χ1n) is 6.07. The molecule has 0 spiro atoms. The maximum Gasteiger partial charge on any atom is 0.0794 e. The van der Waals surface area contributed by atoms with Crippen LogP contribution in [0.2, 0.25) is 0 Å². The highest BCUT2D eigenvalue weighted by atomic mass is 32.1. The minimum atomic E-state index is 0.870. The highest BCUT2D eigenvalue weighted by Crippen LogP contribution is 2.23. The van der Waals surface area contributed by atoms with Crippen molar-refractivity contribution in [1.82, 2.24) is 4.98 Å². The molecule has 0 bridgehead atoms. The zero-order valence-corrected chi connectivity index (χ0v) is 11.2. The SMILES string of the molecule is CCc1cccc(CC)c1NCc1cncs1. The lowest BCUT2D eigenvalue weighted by Gasteiger charge is -2.14. The summed E-state index contributed by atoms with van der Waals surface area (Å²) >= 11 is 1.70. The van der Waals surface area contributed by atoms with E-state index in [9.17, 15) is 0 Å². The number of hydrogen-bond acceptors (Lipinski definition) is 3. The molecular formula is C14H18N2S. The van der Waals surface area contributed by atoms with E-state index in [1.54, 1.807) is 11.3 Å². The second kappa shape index (κ2) is 5.82. The molecule has 1 N–H and O–H groups in total. The molecule has 1 heterocycles. The monoisotopic (exact) mass is 246 g/mol. The molecule has 1 aromatic carbocycles. The van der Waals surface area contributed by atoms with Crippen molar-refractivity contribution in [3.8, 4) is 0 Å². The highest BCUT2D eigenvalue weighted by Gasteiger charge is 2.05. The van der Waals surface area contributed by atoms with Gasteiger partial charge in [-0.1, -0.05) is 32.0 Å². The van der Waals surface area contributed by atoms with Gasteiger partial charge in [0.2, 0.25) is 0 Å². The van der Waals surface area contributed by atoms with Crippen molar-refractivity contribution in [2.75, 3.05) is 5.32 Å². The van der Waals surface area contributed by atoms with Gasteiger partial charge in [-0.15, -0.1) is 11.3 Å². The Hall–Kier alpha value is -1.35. The number of hydrogen-bond donors (Lipinski definition) is 1. The molecule has 0 aliphatic carbocycles. The summed E-state index contributed by atoms with van der Waals surface area (Å²) in [5.74, 6) is 0. The van der Waals surface area contributed by atoms with E-state index >= 15 is 0 Å². The Morgan fingerprint density at radius 2 is 1.88 bits per heavy atom. The number of anilines is 1. The van der Waals surface area contributed by atoms with Gasteiger partial charge in [-0.25, -0.2) is 0 Å². The van der Waals surface area contributed by atoms with Crippen molar-refractivity contribution in [1.29, 1.82) is 0 Å².